The van der Waals surface area contributed by atoms with Gasteiger partial charge in [-0.2, -0.15) is 0 Å². The van der Waals surface area contributed by atoms with Gasteiger partial charge in [-0.15, -0.1) is 0 Å². The third-order valence-electron chi connectivity index (χ3n) is 7.31. The molecule has 10 nitrogen and oxygen atoms in total. The molecule has 0 amide bonds. The fourth-order valence-electron chi connectivity index (χ4n) is 5.74. The Bertz CT molecular complexity index is 1600. The van der Waals surface area contributed by atoms with Crippen molar-refractivity contribution in [3.8, 4) is 0 Å². The number of nitrogens with one attached hydrogen (secondary N) is 3. The van der Waals surface area contributed by atoms with Crippen LogP contribution in [0.15, 0.2) is 51.0 Å². The molecule has 4 unspecified atom stereocenters. The molecule has 0 radical (unpaired) electrons. The summed E-state index contributed by atoms with van der Waals surface area (Å²) in [6.45, 7) is 9.17. The number of aliphatic imine (C=N–C) groups is 1. The van der Waals surface area contributed by atoms with Gasteiger partial charge in [0.1, 0.15) is 6.10 Å². The lowest BCUT2D eigenvalue weighted by Crippen LogP contribution is -2.39. The van der Waals surface area contributed by atoms with Gasteiger partial charge >= 0.3 is 11.4 Å². The van der Waals surface area contributed by atoms with Gasteiger partial charge in [0.2, 0.25) is 0 Å². The van der Waals surface area contributed by atoms with Crippen LogP contribution in [0, 0.1) is 0 Å². The quantitative estimate of drug-likeness (QED) is 0.264. The molecule has 0 saturated carbocycles. The maximum Gasteiger partial charge on any atom is 0.326 e. The van der Waals surface area contributed by atoms with Crippen molar-refractivity contribution in [2.24, 2.45) is 4.99 Å². The lowest BCUT2D eigenvalue weighted by Gasteiger charge is -2.24. The Morgan fingerprint density at radius 3 is 1.95 bits per heavy atom. The van der Waals surface area contributed by atoms with Crippen LogP contribution in [0.1, 0.15) is 63.9 Å². The number of hydrogen-bond donors (Lipinski definition) is 5. The Morgan fingerprint density at radius 2 is 1.42 bits per heavy atom. The second-order valence-electron chi connectivity index (χ2n) is 10.7. The number of imidazole rings is 2. The van der Waals surface area contributed by atoms with E-state index < -0.39 is 12.2 Å². The number of aliphatic hydroxyl groups is 2. The highest BCUT2D eigenvalue weighted by atomic mass is 16.3. The number of rotatable bonds is 3. The molecule has 4 aromatic rings. The first-order chi connectivity index (χ1) is 18.2. The minimum absolute atomic E-state index is 0.0232. The molecule has 0 spiro atoms. The molecule has 5 N–H and O–H groups in total. The number of nitrogens with zero attached hydrogens (tertiary/aromatic N) is 3. The monoisotopic (exact) mass is 520 g/mol. The molecule has 2 aliphatic heterocycles. The molecule has 0 saturated heterocycles. The second kappa shape index (κ2) is 10.4. The van der Waals surface area contributed by atoms with Gasteiger partial charge in [-0.1, -0.05) is 38.1 Å². The zero-order valence-electron chi connectivity index (χ0n) is 22.2. The summed E-state index contributed by atoms with van der Waals surface area (Å²) in [7, 11) is 0. The first-order valence-electron chi connectivity index (χ1n) is 13.2. The van der Waals surface area contributed by atoms with Crippen LogP contribution in [-0.4, -0.2) is 53.2 Å². The van der Waals surface area contributed by atoms with Crippen LogP contribution in [0.5, 0.6) is 0 Å². The van der Waals surface area contributed by atoms with Crippen LogP contribution in [0.2, 0.25) is 0 Å². The summed E-state index contributed by atoms with van der Waals surface area (Å²) in [4.78, 5) is 34.0. The Balaban J connectivity index is 0.000000155. The van der Waals surface area contributed by atoms with E-state index in [1.165, 1.54) is 0 Å². The lowest BCUT2D eigenvalue weighted by atomic mass is 9.99. The number of aryl methyl sites for hydroxylation is 2. The minimum atomic E-state index is -0.664. The molecule has 2 aromatic heterocycles. The van der Waals surface area contributed by atoms with Gasteiger partial charge in [0.25, 0.3) is 0 Å². The summed E-state index contributed by atoms with van der Waals surface area (Å²) in [5, 5.41) is 24.5. The number of hydrogen-bond acceptors (Lipinski definition) is 6. The Morgan fingerprint density at radius 1 is 0.895 bits per heavy atom. The van der Waals surface area contributed by atoms with Crippen LogP contribution < -0.4 is 16.7 Å². The summed E-state index contributed by atoms with van der Waals surface area (Å²) < 4.78 is 3.43. The van der Waals surface area contributed by atoms with Crippen molar-refractivity contribution in [3.63, 3.8) is 0 Å². The van der Waals surface area contributed by atoms with E-state index in [1.807, 2.05) is 50.2 Å². The lowest BCUT2D eigenvalue weighted by molar-refractivity contribution is 0.121. The minimum Gasteiger partial charge on any atom is -0.387 e. The van der Waals surface area contributed by atoms with Gasteiger partial charge in [-0.05, 0) is 38.8 Å². The standard InChI is InChI=1S/C14H19N3O2.C14H17N3O2/c2*1-8(2)15-11-6-7-17-12-9(13(11)18)4-3-5-10(12)16-14(17)19/h3-5,8,11,13,15,18H,6-7H2,1-2H3,(H,16,19);3-5,11,13,18H,6-7H2,1-2H3,(H,16,19). The van der Waals surface area contributed by atoms with Crippen molar-refractivity contribution in [2.75, 3.05) is 0 Å². The maximum atomic E-state index is 11.9. The average Bonchev–Trinajstić information content (AvgIpc) is 3.27. The predicted octanol–water partition coefficient (Wildman–Crippen LogP) is 2.75. The number of aromatic amines is 2. The van der Waals surface area contributed by atoms with E-state index in [9.17, 15) is 19.8 Å². The van der Waals surface area contributed by atoms with E-state index in [4.69, 9.17) is 0 Å². The molecular formula is C28H36N6O4. The van der Waals surface area contributed by atoms with Gasteiger partial charge in [0, 0.05) is 42.0 Å². The fraction of sp³-hybridized carbons (Fsp3) is 0.464. The Kier molecular flexibility index (Phi) is 7.13. The molecule has 0 aliphatic carbocycles. The molecule has 38 heavy (non-hydrogen) atoms. The molecule has 10 heteroatoms. The number of H-pyrrole nitrogens is 2. The molecule has 2 aromatic carbocycles. The summed E-state index contributed by atoms with van der Waals surface area (Å²) in [5.74, 6) is 0. The summed E-state index contributed by atoms with van der Waals surface area (Å²) in [6.07, 6.45) is 0.145. The highest BCUT2D eigenvalue weighted by Crippen LogP contribution is 2.32. The molecule has 4 atom stereocenters. The van der Waals surface area contributed by atoms with E-state index in [0.29, 0.717) is 25.6 Å². The molecule has 4 heterocycles. The smallest absolute Gasteiger partial charge is 0.326 e. The van der Waals surface area contributed by atoms with Crippen molar-refractivity contribution >= 4 is 27.8 Å². The van der Waals surface area contributed by atoms with Crippen molar-refractivity contribution in [1.29, 1.82) is 0 Å². The Hall–Kier alpha value is -3.47. The van der Waals surface area contributed by atoms with Gasteiger partial charge in [-0.25, -0.2) is 9.59 Å². The second-order valence-corrected chi connectivity index (χ2v) is 10.7. The summed E-state index contributed by atoms with van der Waals surface area (Å²) in [5.41, 5.74) is 5.56. The molecule has 202 valence electrons. The van der Waals surface area contributed by atoms with Crippen molar-refractivity contribution in [1.82, 2.24) is 24.4 Å². The maximum absolute atomic E-state index is 11.9. The summed E-state index contributed by atoms with van der Waals surface area (Å²) >= 11 is 0. The normalized spacial score (nSPS) is 22.6. The number of para-hydroxylation sites is 2. The van der Waals surface area contributed by atoms with Crippen LogP contribution in [0.25, 0.3) is 22.1 Å². The molecule has 6 rings (SSSR count). The molecule has 2 aliphatic rings. The van der Waals surface area contributed by atoms with Crippen LogP contribution in [0.3, 0.4) is 0 Å². The van der Waals surface area contributed by atoms with E-state index in [1.54, 1.807) is 9.13 Å². The number of aliphatic hydroxyl groups excluding tert-OH is 2. The third kappa shape index (κ3) is 4.75. The van der Waals surface area contributed by atoms with E-state index in [-0.39, 0.29) is 23.5 Å². The van der Waals surface area contributed by atoms with Crippen molar-refractivity contribution < 1.29 is 10.2 Å². The van der Waals surface area contributed by atoms with Gasteiger partial charge in [-0.3, -0.25) is 14.1 Å². The van der Waals surface area contributed by atoms with Crippen LogP contribution in [0.4, 0.5) is 0 Å². The number of aromatic nitrogens is 4. The van der Waals surface area contributed by atoms with E-state index >= 15 is 0 Å². The largest absolute Gasteiger partial charge is 0.387 e. The first-order valence-corrected chi connectivity index (χ1v) is 13.2. The first kappa shape index (κ1) is 26.1. The van der Waals surface area contributed by atoms with Crippen molar-refractivity contribution in [2.45, 2.75) is 84.0 Å². The van der Waals surface area contributed by atoms with Crippen molar-refractivity contribution in [3.05, 3.63) is 68.5 Å². The van der Waals surface area contributed by atoms with Crippen LogP contribution >= 0.6 is 0 Å². The molecular weight excluding hydrogens is 484 g/mol. The van der Waals surface area contributed by atoms with Gasteiger partial charge in [0.05, 0.1) is 34.2 Å². The Labute approximate surface area is 220 Å². The SMILES string of the molecule is CC(C)=NC1CCn2c(=O)[nH]c3cccc(c32)C1O.CC(C)NC1CCn2c(=O)[nH]c3cccc(c32)C1O. The molecule has 0 fully saturated rings. The third-order valence-corrected chi connectivity index (χ3v) is 7.31. The predicted molar refractivity (Wildman–Crippen MR) is 149 cm³/mol. The number of benzene rings is 2. The fourth-order valence-corrected chi connectivity index (χ4v) is 5.74. The van der Waals surface area contributed by atoms with Crippen LogP contribution in [-0.2, 0) is 13.1 Å². The summed E-state index contributed by atoms with van der Waals surface area (Å²) in [6, 6.07) is 11.3. The highest BCUT2D eigenvalue weighted by molar-refractivity contribution is 5.81. The van der Waals surface area contributed by atoms with E-state index in [2.05, 4.69) is 34.1 Å². The van der Waals surface area contributed by atoms with Gasteiger partial charge < -0.3 is 25.5 Å². The average molecular weight is 521 g/mol. The zero-order valence-corrected chi connectivity index (χ0v) is 22.2. The van der Waals surface area contributed by atoms with E-state index in [0.717, 1.165) is 45.3 Å². The van der Waals surface area contributed by atoms with Gasteiger partial charge in [0.15, 0.2) is 0 Å². The topological polar surface area (TPSA) is 140 Å². The highest BCUT2D eigenvalue weighted by Gasteiger charge is 2.29. The zero-order chi connectivity index (χ0) is 27.1. The molecule has 0 bridgehead atoms.